The Morgan fingerprint density at radius 3 is 2.48 bits per heavy atom. The Morgan fingerprint density at radius 1 is 1.19 bits per heavy atom. The molecule has 1 aliphatic rings. The average Bonchev–Trinajstić information content (AvgIpc) is 2.63. The van der Waals surface area contributed by atoms with Gasteiger partial charge in [0.1, 0.15) is 5.82 Å². The van der Waals surface area contributed by atoms with Gasteiger partial charge >= 0.3 is 0 Å². The Balaban J connectivity index is 1.58. The van der Waals surface area contributed by atoms with Crippen molar-refractivity contribution in [2.24, 2.45) is 0 Å². The SMILES string of the molecule is CS(=O)(=O)c1ccc(CN2CCN[C@H](C(=O)Nc3ccc(F)cc3)C2)cc1. The highest BCUT2D eigenvalue weighted by molar-refractivity contribution is 7.90. The normalized spacial score (nSPS) is 18.2. The van der Waals surface area contributed by atoms with E-state index in [4.69, 9.17) is 0 Å². The van der Waals surface area contributed by atoms with E-state index in [0.717, 1.165) is 12.1 Å². The molecule has 1 atom stereocenters. The first-order valence-corrected chi connectivity index (χ1v) is 10.5. The Morgan fingerprint density at radius 2 is 1.85 bits per heavy atom. The highest BCUT2D eigenvalue weighted by Crippen LogP contribution is 2.14. The second-order valence-electron chi connectivity index (χ2n) is 6.65. The standard InChI is InChI=1S/C19H22FN3O3S/c1-27(25,26)17-8-2-14(3-9-17)12-23-11-10-21-18(13-23)19(24)22-16-6-4-15(20)5-7-16/h2-9,18,21H,10-13H2,1H3,(H,22,24)/t18-/m0/s1. The molecule has 2 aromatic carbocycles. The van der Waals surface area contributed by atoms with Crippen molar-refractivity contribution in [2.45, 2.75) is 17.5 Å². The molecular formula is C19H22FN3O3S. The van der Waals surface area contributed by atoms with Gasteiger partial charge in [-0.2, -0.15) is 0 Å². The summed E-state index contributed by atoms with van der Waals surface area (Å²) in [6.45, 7) is 2.62. The number of sulfone groups is 1. The maximum absolute atomic E-state index is 13.0. The molecule has 0 radical (unpaired) electrons. The molecule has 3 rings (SSSR count). The summed E-state index contributed by atoms with van der Waals surface area (Å²) in [7, 11) is -3.21. The number of anilines is 1. The first kappa shape index (κ1) is 19.5. The van der Waals surface area contributed by atoms with Crippen molar-refractivity contribution in [3.8, 4) is 0 Å². The van der Waals surface area contributed by atoms with Crippen molar-refractivity contribution < 1.29 is 17.6 Å². The summed E-state index contributed by atoms with van der Waals surface area (Å²) in [6, 6.07) is 12.1. The average molecular weight is 391 g/mol. The van der Waals surface area contributed by atoms with Crippen molar-refractivity contribution in [1.29, 1.82) is 0 Å². The Bertz CT molecular complexity index is 899. The zero-order chi connectivity index (χ0) is 19.4. The van der Waals surface area contributed by atoms with Crippen LogP contribution in [0.2, 0.25) is 0 Å². The van der Waals surface area contributed by atoms with Gasteiger partial charge in [-0.25, -0.2) is 12.8 Å². The van der Waals surface area contributed by atoms with E-state index in [1.165, 1.54) is 30.5 Å². The largest absolute Gasteiger partial charge is 0.325 e. The predicted molar refractivity (Wildman–Crippen MR) is 102 cm³/mol. The molecule has 8 heteroatoms. The maximum Gasteiger partial charge on any atom is 0.242 e. The first-order chi connectivity index (χ1) is 12.8. The fourth-order valence-electron chi connectivity index (χ4n) is 2.99. The number of hydrogen-bond donors (Lipinski definition) is 2. The summed E-state index contributed by atoms with van der Waals surface area (Å²) in [5.74, 6) is -0.518. The lowest BCUT2D eigenvalue weighted by molar-refractivity contribution is -0.119. The number of hydrogen-bond acceptors (Lipinski definition) is 5. The maximum atomic E-state index is 13.0. The van der Waals surface area contributed by atoms with E-state index in [2.05, 4.69) is 15.5 Å². The molecule has 0 aliphatic carbocycles. The summed E-state index contributed by atoms with van der Waals surface area (Å²) in [6.07, 6.45) is 1.18. The molecule has 6 nitrogen and oxygen atoms in total. The van der Waals surface area contributed by atoms with Crippen LogP contribution in [0.1, 0.15) is 5.56 Å². The monoisotopic (exact) mass is 391 g/mol. The van der Waals surface area contributed by atoms with Gasteiger partial charge in [0, 0.05) is 38.1 Å². The van der Waals surface area contributed by atoms with E-state index in [1.807, 2.05) is 0 Å². The van der Waals surface area contributed by atoms with Gasteiger partial charge in [-0.05, 0) is 42.0 Å². The molecule has 0 unspecified atom stereocenters. The fourth-order valence-corrected chi connectivity index (χ4v) is 3.62. The molecule has 1 heterocycles. The van der Waals surface area contributed by atoms with Crippen molar-refractivity contribution in [1.82, 2.24) is 10.2 Å². The summed E-state index contributed by atoms with van der Waals surface area (Å²) >= 11 is 0. The third-order valence-corrected chi connectivity index (χ3v) is 5.57. The van der Waals surface area contributed by atoms with Crippen LogP contribution in [0.5, 0.6) is 0 Å². The van der Waals surface area contributed by atoms with Gasteiger partial charge in [-0.15, -0.1) is 0 Å². The van der Waals surface area contributed by atoms with Crippen LogP contribution < -0.4 is 10.6 Å². The molecule has 1 saturated heterocycles. The number of carbonyl (C=O) groups is 1. The number of piperazine rings is 1. The molecule has 1 aliphatic heterocycles. The van der Waals surface area contributed by atoms with Crippen LogP contribution in [0, 0.1) is 5.82 Å². The first-order valence-electron chi connectivity index (χ1n) is 8.62. The van der Waals surface area contributed by atoms with Gasteiger partial charge in [-0.1, -0.05) is 12.1 Å². The summed E-state index contributed by atoms with van der Waals surface area (Å²) < 4.78 is 36.0. The minimum atomic E-state index is -3.21. The number of rotatable bonds is 5. The van der Waals surface area contributed by atoms with E-state index in [0.29, 0.717) is 30.2 Å². The molecule has 2 aromatic rings. The van der Waals surface area contributed by atoms with Crippen LogP contribution in [0.15, 0.2) is 53.4 Å². The van der Waals surface area contributed by atoms with Crippen molar-refractivity contribution in [3.63, 3.8) is 0 Å². The Hall–Kier alpha value is -2.29. The van der Waals surface area contributed by atoms with Crippen LogP contribution in [0.25, 0.3) is 0 Å². The molecule has 144 valence electrons. The zero-order valence-electron chi connectivity index (χ0n) is 15.0. The van der Waals surface area contributed by atoms with Crippen molar-refractivity contribution in [2.75, 3.05) is 31.2 Å². The van der Waals surface area contributed by atoms with Crippen LogP contribution in [-0.4, -0.2) is 51.2 Å². The summed E-state index contributed by atoms with van der Waals surface area (Å²) in [5, 5.41) is 5.97. The topological polar surface area (TPSA) is 78.5 Å². The number of halogens is 1. The van der Waals surface area contributed by atoms with Gasteiger partial charge in [0.15, 0.2) is 9.84 Å². The predicted octanol–water partition coefficient (Wildman–Crippen LogP) is 1.64. The molecule has 0 aromatic heterocycles. The van der Waals surface area contributed by atoms with Gasteiger partial charge in [0.05, 0.1) is 10.9 Å². The molecule has 0 bridgehead atoms. The zero-order valence-corrected chi connectivity index (χ0v) is 15.8. The minimum absolute atomic E-state index is 0.168. The second-order valence-corrected chi connectivity index (χ2v) is 8.67. The number of nitrogens with zero attached hydrogens (tertiary/aromatic N) is 1. The van der Waals surface area contributed by atoms with E-state index in [1.54, 1.807) is 24.3 Å². The quantitative estimate of drug-likeness (QED) is 0.810. The number of carbonyl (C=O) groups excluding carboxylic acids is 1. The fraction of sp³-hybridized carbons (Fsp3) is 0.316. The van der Waals surface area contributed by atoms with Gasteiger partial charge in [0.2, 0.25) is 5.91 Å². The Labute approximate surface area is 158 Å². The molecule has 0 saturated carbocycles. The molecule has 1 fully saturated rings. The van der Waals surface area contributed by atoms with Crippen LogP contribution >= 0.6 is 0 Å². The molecule has 27 heavy (non-hydrogen) atoms. The van der Waals surface area contributed by atoms with Crippen molar-refractivity contribution >= 4 is 21.4 Å². The Kier molecular flexibility index (Phi) is 5.88. The molecule has 1 amide bonds. The van der Waals surface area contributed by atoms with Crippen LogP contribution in [0.4, 0.5) is 10.1 Å². The van der Waals surface area contributed by atoms with Crippen LogP contribution in [0.3, 0.4) is 0 Å². The van der Waals surface area contributed by atoms with Crippen molar-refractivity contribution in [3.05, 3.63) is 59.9 Å². The van der Waals surface area contributed by atoms with Crippen LogP contribution in [-0.2, 0) is 21.2 Å². The number of nitrogens with one attached hydrogen (secondary N) is 2. The molecule has 0 spiro atoms. The molecular weight excluding hydrogens is 369 g/mol. The van der Waals surface area contributed by atoms with E-state index in [9.17, 15) is 17.6 Å². The van der Waals surface area contributed by atoms with Gasteiger partial charge < -0.3 is 10.6 Å². The highest BCUT2D eigenvalue weighted by Gasteiger charge is 2.25. The highest BCUT2D eigenvalue weighted by atomic mass is 32.2. The number of benzene rings is 2. The third-order valence-electron chi connectivity index (χ3n) is 4.45. The lowest BCUT2D eigenvalue weighted by Gasteiger charge is -2.33. The smallest absolute Gasteiger partial charge is 0.242 e. The summed E-state index contributed by atoms with van der Waals surface area (Å²) in [5.41, 5.74) is 1.54. The van der Waals surface area contributed by atoms with E-state index < -0.39 is 9.84 Å². The van der Waals surface area contributed by atoms with E-state index in [-0.39, 0.29) is 17.8 Å². The second kappa shape index (κ2) is 8.16. The number of amides is 1. The summed E-state index contributed by atoms with van der Waals surface area (Å²) in [4.78, 5) is 14.9. The van der Waals surface area contributed by atoms with Gasteiger partial charge in [0.25, 0.3) is 0 Å². The molecule has 2 N–H and O–H groups in total. The van der Waals surface area contributed by atoms with Gasteiger partial charge in [-0.3, -0.25) is 9.69 Å². The lowest BCUT2D eigenvalue weighted by atomic mass is 10.1. The lowest BCUT2D eigenvalue weighted by Crippen LogP contribution is -2.55. The van der Waals surface area contributed by atoms with E-state index >= 15 is 0 Å². The minimum Gasteiger partial charge on any atom is -0.325 e. The third kappa shape index (κ3) is 5.35.